The van der Waals surface area contributed by atoms with Gasteiger partial charge in [0.15, 0.2) is 0 Å². The van der Waals surface area contributed by atoms with Gasteiger partial charge in [0.2, 0.25) is 0 Å². The van der Waals surface area contributed by atoms with E-state index in [0.717, 1.165) is 17.1 Å². The molecule has 0 aromatic heterocycles. The fourth-order valence-electron chi connectivity index (χ4n) is 0.872. The topological polar surface area (TPSA) is 9.23 Å². The molecule has 0 bridgehead atoms. The molecule has 1 nitrogen and oxygen atoms in total. The maximum absolute atomic E-state index is 5.60. The van der Waals surface area contributed by atoms with E-state index in [2.05, 4.69) is 26.5 Å². The second-order valence-corrected chi connectivity index (χ2v) is 3.35. The molecule has 1 aromatic carbocycles. The first-order valence-corrected chi connectivity index (χ1v) is 4.62. The standard InChI is InChI=1S/C10H14OS/c1-3-8(2)11-9-5-4-6-10(12)7-9/h4-8,12H,3H2,1-2H3. The maximum Gasteiger partial charge on any atom is 0.120 e. The number of thiol groups is 1. The largest absolute Gasteiger partial charge is 0.491 e. The van der Waals surface area contributed by atoms with Crippen molar-refractivity contribution in [2.24, 2.45) is 0 Å². The lowest BCUT2D eigenvalue weighted by Crippen LogP contribution is -2.09. The van der Waals surface area contributed by atoms with Crippen molar-refractivity contribution in [3.63, 3.8) is 0 Å². The van der Waals surface area contributed by atoms with Crippen LogP contribution >= 0.6 is 12.6 Å². The summed E-state index contributed by atoms with van der Waals surface area (Å²) in [6, 6.07) is 7.76. The average Bonchev–Trinajstić information content (AvgIpc) is 2.04. The van der Waals surface area contributed by atoms with Gasteiger partial charge in [-0.15, -0.1) is 12.6 Å². The monoisotopic (exact) mass is 182 g/mol. The van der Waals surface area contributed by atoms with Crippen LogP contribution in [0.1, 0.15) is 20.3 Å². The zero-order chi connectivity index (χ0) is 8.97. The second kappa shape index (κ2) is 4.41. The van der Waals surface area contributed by atoms with Crippen molar-refractivity contribution < 1.29 is 4.74 Å². The highest BCUT2D eigenvalue weighted by molar-refractivity contribution is 7.80. The predicted molar refractivity (Wildman–Crippen MR) is 54.1 cm³/mol. The van der Waals surface area contributed by atoms with E-state index in [4.69, 9.17) is 4.74 Å². The first-order valence-electron chi connectivity index (χ1n) is 4.18. The van der Waals surface area contributed by atoms with Crippen molar-refractivity contribution in [1.29, 1.82) is 0 Å². The van der Waals surface area contributed by atoms with Crippen molar-refractivity contribution in [3.8, 4) is 5.75 Å². The minimum Gasteiger partial charge on any atom is -0.491 e. The highest BCUT2D eigenvalue weighted by Crippen LogP contribution is 2.17. The van der Waals surface area contributed by atoms with Crippen molar-refractivity contribution in [1.82, 2.24) is 0 Å². The van der Waals surface area contributed by atoms with E-state index in [-0.39, 0.29) is 6.10 Å². The van der Waals surface area contributed by atoms with Crippen LogP contribution in [-0.2, 0) is 0 Å². The number of benzene rings is 1. The first-order chi connectivity index (χ1) is 5.72. The van der Waals surface area contributed by atoms with Gasteiger partial charge in [0.05, 0.1) is 6.10 Å². The summed E-state index contributed by atoms with van der Waals surface area (Å²) in [4.78, 5) is 0.941. The third-order valence-electron chi connectivity index (χ3n) is 1.73. The van der Waals surface area contributed by atoms with Crippen LogP contribution in [0.4, 0.5) is 0 Å². The fraction of sp³-hybridized carbons (Fsp3) is 0.400. The molecular formula is C10H14OS. The molecule has 0 aliphatic rings. The van der Waals surface area contributed by atoms with Gasteiger partial charge in [-0.25, -0.2) is 0 Å². The summed E-state index contributed by atoms with van der Waals surface area (Å²) >= 11 is 4.23. The normalized spacial score (nSPS) is 12.6. The molecule has 0 N–H and O–H groups in total. The predicted octanol–water partition coefficient (Wildman–Crippen LogP) is 3.15. The Morgan fingerprint density at radius 1 is 1.50 bits per heavy atom. The van der Waals surface area contributed by atoms with Crippen molar-refractivity contribution in [3.05, 3.63) is 24.3 Å². The molecule has 1 aromatic rings. The maximum atomic E-state index is 5.60. The summed E-state index contributed by atoms with van der Waals surface area (Å²) in [5.74, 6) is 0.900. The van der Waals surface area contributed by atoms with Gasteiger partial charge in [-0.1, -0.05) is 13.0 Å². The molecule has 12 heavy (non-hydrogen) atoms. The average molecular weight is 182 g/mol. The summed E-state index contributed by atoms with van der Waals surface area (Å²) in [5.41, 5.74) is 0. The quantitative estimate of drug-likeness (QED) is 0.706. The molecule has 1 unspecified atom stereocenters. The lowest BCUT2D eigenvalue weighted by Gasteiger charge is -2.12. The van der Waals surface area contributed by atoms with Crippen LogP contribution in [0.15, 0.2) is 29.2 Å². The highest BCUT2D eigenvalue weighted by Gasteiger charge is 1.99. The lowest BCUT2D eigenvalue weighted by molar-refractivity contribution is 0.217. The van der Waals surface area contributed by atoms with Crippen LogP contribution in [-0.4, -0.2) is 6.10 Å². The zero-order valence-electron chi connectivity index (χ0n) is 7.45. The fourth-order valence-corrected chi connectivity index (χ4v) is 1.09. The second-order valence-electron chi connectivity index (χ2n) is 2.83. The molecule has 0 aliphatic carbocycles. The lowest BCUT2D eigenvalue weighted by atomic mass is 10.3. The minimum absolute atomic E-state index is 0.278. The number of ether oxygens (including phenoxy) is 1. The molecule has 0 fully saturated rings. The van der Waals surface area contributed by atoms with Crippen LogP contribution in [0.5, 0.6) is 5.75 Å². The van der Waals surface area contributed by atoms with Gasteiger partial charge < -0.3 is 4.74 Å². The van der Waals surface area contributed by atoms with Gasteiger partial charge in [0.1, 0.15) is 5.75 Å². The Labute approximate surface area is 79.2 Å². The third-order valence-corrected chi connectivity index (χ3v) is 2.01. The highest BCUT2D eigenvalue weighted by atomic mass is 32.1. The summed E-state index contributed by atoms with van der Waals surface area (Å²) in [6.45, 7) is 4.17. The van der Waals surface area contributed by atoms with Gasteiger partial charge in [-0.05, 0) is 31.5 Å². The number of rotatable bonds is 3. The van der Waals surface area contributed by atoms with E-state index in [1.807, 2.05) is 24.3 Å². The molecule has 0 heterocycles. The summed E-state index contributed by atoms with van der Waals surface area (Å²) < 4.78 is 5.60. The van der Waals surface area contributed by atoms with Crippen LogP contribution in [0, 0.1) is 0 Å². The van der Waals surface area contributed by atoms with Gasteiger partial charge in [0, 0.05) is 4.90 Å². The molecule has 0 aliphatic heterocycles. The molecular weight excluding hydrogens is 168 g/mol. The molecule has 0 radical (unpaired) electrons. The zero-order valence-corrected chi connectivity index (χ0v) is 8.34. The van der Waals surface area contributed by atoms with Crippen LogP contribution < -0.4 is 4.74 Å². The molecule has 1 atom stereocenters. The van der Waals surface area contributed by atoms with Crippen molar-refractivity contribution in [2.75, 3.05) is 0 Å². The van der Waals surface area contributed by atoms with Gasteiger partial charge in [-0.3, -0.25) is 0 Å². The number of hydrogen-bond acceptors (Lipinski definition) is 2. The smallest absolute Gasteiger partial charge is 0.120 e. The van der Waals surface area contributed by atoms with Crippen LogP contribution in [0.2, 0.25) is 0 Å². The third kappa shape index (κ3) is 2.78. The molecule has 0 amide bonds. The van der Waals surface area contributed by atoms with Crippen LogP contribution in [0.3, 0.4) is 0 Å². The molecule has 0 spiro atoms. The Morgan fingerprint density at radius 2 is 2.25 bits per heavy atom. The van der Waals surface area contributed by atoms with E-state index in [9.17, 15) is 0 Å². The van der Waals surface area contributed by atoms with Gasteiger partial charge in [0.25, 0.3) is 0 Å². The van der Waals surface area contributed by atoms with Gasteiger partial charge in [-0.2, -0.15) is 0 Å². The van der Waals surface area contributed by atoms with E-state index in [1.54, 1.807) is 0 Å². The van der Waals surface area contributed by atoms with E-state index in [1.165, 1.54) is 0 Å². The molecule has 1 rings (SSSR count). The van der Waals surface area contributed by atoms with Crippen LogP contribution in [0.25, 0.3) is 0 Å². The van der Waals surface area contributed by atoms with Crippen molar-refractivity contribution in [2.45, 2.75) is 31.3 Å². The van der Waals surface area contributed by atoms with Crippen molar-refractivity contribution >= 4 is 12.6 Å². The number of hydrogen-bond donors (Lipinski definition) is 1. The van der Waals surface area contributed by atoms with E-state index >= 15 is 0 Å². The first kappa shape index (κ1) is 9.46. The molecule has 66 valence electrons. The Morgan fingerprint density at radius 3 is 2.83 bits per heavy atom. The van der Waals surface area contributed by atoms with Gasteiger partial charge >= 0.3 is 0 Å². The molecule has 0 saturated heterocycles. The summed E-state index contributed by atoms with van der Waals surface area (Å²) in [7, 11) is 0. The molecule has 0 saturated carbocycles. The Bertz CT molecular complexity index is 247. The Kier molecular flexibility index (Phi) is 3.48. The van der Waals surface area contributed by atoms with E-state index in [0.29, 0.717) is 0 Å². The SMILES string of the molecule is CCC(C)Oc1cccc(S)c1. The molecule has 2 heteroatoms. The Hall–Kier alpha value is -0.630. The Balaban J connectivity index is 2.63. The summed E-state index contributed by atoms with van der Waals surface area (Å²) in [5, 5.41) is 0. The summed E-state index contributed by atoms with van der Waals surface area (Å²) in [6.07, 6.45) is 1.30. The minimum atomic E-state index is 0.278. The van der Waals surface area contributed by atoms with E-state index < -0.39 is 0 Å².